The predicted molar refractivity (Wildman–Crippen MR) is 76.6 cm³/mol. The van der Waals surface area contributed by atoms with Crippen molar-refractivity contribution in [3.8, 4) is 0 Å². The Kier molecular flexibility index (Phi) is 3.73. The Balaban J connectivity index is 2.57. The zero-order chi connectivity index (χ0) is 16.7. The minimum Gasteiger partial charge on any atom is -0.489 e. The first-order valence-corrected chi connectivity index (χ1v) is 6.73. The minimum atomic E-state index is -1.80. The molecule has 0 fully saturated rings. The number of ether oxygens (including phenoxy) is 3. The van der Waals surface area contributed by atoms with Gasteiger partial charge in [0.1, 0.15) is 5.57 Å². The summed E-state index contributed by atoms with van der Waals surface area (Å²) in [7, 11) is 2.39. The molecule has 1 unspecified atom stereocenters. The van der Waals surface area contributed by atoms with Gasteiger partial charge < -0.3 is 14.2 Å². The van der Waals surface area contributed by atoms with Crippen LogP contribution in [0.1, 0.15) is 20.8 Å². The Morgan fingerprint density at radius 2 is 1.86 bits per heavy atom. The van der Waals surface area contributed by atoms with E-state index in [2.05, 4.69) is 4.74 Å². The Labute approximate surface area is 128 Å². The summed E-state index contributed by atoms with van der Waals surface area (Å²) >= 11 is 0. The molecule has 0 aromatic heterocycles. The van der Waals surface area contributed by atoms with E-state index in [1.54, 1.807) is 6.08 Å². The monoisotopic (exact) mass is 306 g/mol. The maximum absolute atomic E-state index is 12.6. The van der Waals surface area contributed by atoms with Crippen LogP contribution in [0.2, 0.25) is 0 Å². The van der Waals surface area contributed by atoms with E-state index in [1.165, 1.54) is 19.3 Å². The van der Waals surface area contributed by atoms with Gasteiger partial charge >= 0.3 is 11.9 Å². The molecule has 1 aliphatic heterocycles. The highest BCUT2D eigenvalue weighted by Crippen LogP contribution is 2.41. The topological polar surface area (TPSA) is 78.9 Å². The summed E-state index contributed by atoms with van der Waals surface area (Å²) in [6.45, 7) is 5.85. The van der Waals surface area contributed by atoms with Crippen molar-refractivity contribution in [2.24, 2.45) is 5.41 Å². The Bertz CT molecular complexity index is 644. The third kappa shape index (κ3) is 2.24. The number of esters is 2. The average molecular weight is 306 g/mol. The maximum atomic E-state index is 12.6. The normalized spacial score (nSPS) is 24.5. The van der Waals surface area contributed by atoms with E-state index in [0.29, 0.717) is 0 Å². The zero-order valence-corrected chi connectivity index (χ0v) is 13.2. The summed E-state index contributed by atoms with van der Waals surface area (Å²) in [6.07, 6.45) is 4.47. The quantitative estimate of drug-likeness (QED) is 0.719. The molecule has 2 rings (SSSR count). The van der Waals surface area contributed by atoms with E-state index in [9.17, 15) is 14.4 Å². The first kappa shape index (κ1) is 16.0. The Morgan fingerprint density at radius 3 is 2.32 bits per heavy atom. The first-order valence-electron chi connectivity index (χ1n) is 6.73. The highest BCUT2D eigenvalue weighted by Gasteiger charge is 2.56. The van der Waals surface area contributed by atoms with E-state index in [1.807, 2.05) is 20.8 Å². The average Bonchev–Trinajstić information content (AvgIpc) is 2.72. The van der Waals surface area contributed by atoms with Gasteiger partial charge in [0.05, 0.1) is 14.2 Å². The molecular weight excluding hydrogens is 288 g/mol. The summed E-state index contributed by atoms with van der Waals surface area (Å²) in [5, 5.41) is 0. The van der Waals surface area contributed by atoms with Crippen LogP contribution in [0.4, 0.5) is 0 Å². The summed E-state index contributed by atoms with van der Waals surface area (Å²) in [6, 6.07) is 0. The van der Waals surface area contributed by atoms with Crippen molar-refractivity contribution in [1.29, 1.82) is 0 Å². The van der Waals surface area contributed by atoms with Crippen LogP contribution in [-0.4, -0.2) is 37.5 Å². The number of carbonyl (C=O) groups excluding carboxylic acids is 3. The van der Waals surface area contributed by atoms with Crippen molar-refractivity contribution in [3.63, 3.8) is 0 Å². The molecule has 0 aromatic carbocycles. The fraction of sp³-hybridized carbons (Fsp3) is 0.438. The van der Waals surface area contributed by atoms with Crippen molar-refractivity contribution >= 4 is 17.7 Å². The third-order valence-electron chi connectivity index (χ3n) is 3.65. The number of hydrogen-bond donors (Lipinski definition) is 0. The lowest BCUT2D eigenvalue weighted by atomic mass is 9.77. The van der Waals surface area contributed by atoms with Crippen molar-refractivity contribution in [3.05, 3.63) is 35.1 Å². The second-order valence-electron chi connectivity index (χ2n) is 6.07. The highest BCUT2D eigenvalue weighted by atomic mass is 16.6. The summed E-state index contributed by atoms with van der Waals surface area (Å²) in [5.74, 6) is -2.53. The van der Waals surface area contributed by atoms with Gasteiger partial charge in [-0.2, -0.15) is 0 Å². The maximum Gasteiger partial charge on any atom is 0.376 e. The SMILES string of the molecule is COC(=O)C1=C(OC)C(=O)OC12C=CC(C(C)(C)C)=CC2=O. The van der Waals surface area contributed by atoms with Gasteiger partial charge in [-0.05, 0) is 23.1 Å². The van der Waals surface area contributed by atoms with Gasteiger partial charge in [-0.25, -0.2) is 9.59 Å². The fourth-order valence-corrected chi connectivity index (χ4v) is 2.39. The predicted octanol–water partition coefficient (Wildman–Crippen LogP) is 1.47. The molecular formula is C16H18O6. The first-order chi connectivity index (χ1) is 10.2. The lowest BCUT2D eigenvalue weighted by molar-refractivity contribution is -0.153. The van der Waals surface area contributed by atoms with E-state index in [0.717, 1.165) is 12.7 Å². The van der Waals surface area contributed by atoms with E-state index >= 15 is 0 Å². The second-order valence-corrected chi connectivity index (χ2v) is 6.07. The fourth-order valence-electron chi connectivity index (χ4n) is 2.39. The van der Waals surface area contributed by atoms with Gasteiger partial charge in [0, 0.05) is 0 Å². The molecule has 118 valence electrons. The molecule has 2 aliphatic rings. The molecule has 0 saturated carbocycles. The molecule has 0 radical (unpaired) electrons. The van der Waals surface area contributed by atoms with Gasteiger partial charge in [0.25, 0.3) is 0 Å². The smallest absolute Gasteiger partial charge is 0.376 e. The largest absolute Gasteiger partial charge is 0.489 e. The number of methoxy groups -OCH3 is 2. The lowest BCUT2D eigenvalue weighted by Crippen LogP contribution is -2.43. The molecule has 0 amide bonds. The lowest BCUT2D eigenvalue weighted by Gasteiger charge is -2.29. The molecule has 0 N–H and O–H groups in total. The molecule has 6 nitrogen and oxygen atoms in total. The van der Waals surface area contributed by atoms with Crippen LogP contribution in [0, 0.1) is 5.41 Å². The van der Waals surface area contributed by atoms with E-state index in [-0.39, 0.29) is 16.7 Å². The molecule has 0 aromatic rings. The van der Waals surface area contributed by atoms with Crippen molar-refractivity contribution in [2.75, 3.05) is 14.2 Å². The molecule has 1 heterocycles. The standard InChI is InChI=1S/C16H18O6/c1-15(2,3)9-6-7-16(10(17)8-9)11(13(18)21-5)12(20-4)14(19)22-16/h6-8H,1-5H3. The van der Waals surface area contributed by atoms with Crippen LogP contribution in [0.25, 0.3) is 0 Å². The van der Waals surface area contributed by atoms with Crippen LogP contribution < -0.4 is 0 Å². The van der Waals surface area contributed by atoms with Crippen molar-refractivity contribution < 1.29 is 28.6 Å². The third-order valence-corrected chi connectivity index (χ3v) is 3.65. The van der Waals surface area contributed by atoms with Gasteiger partial charge in [0.15, 0.2) is 0 Å². The number of rotatable bonds is 2. The molecule has 1 spiro atoms. The summed E-state index contributed by atoms with van der Waals surface area (Å²) in [4.78, 5) is 36.6. The molecule has 22 heavy (non-hydrogen) atoms. The molecule has 6 heteroatoms. The van der Waals surface area contributed by atoms with Gasteiger partial charge in [-0.15, -0.1) is 0 Å². The Hall–Kier alpha value is -2.37. The molecule has 0 saturated heterocycles. The highest BCUT2D eigenvalue weighted by molar-refractivity contribution is 6.17. The van der Waals surface area contributed by atoms with Gasteiger partial charge in [-0.1, -0.05) is 26.8 Å². The summed E-state index contributed by atoms with van der Waals surface area (Å²) < 4.78 is 14.8. The van der Waals surface area contributed by atoms with Crippen LogP contribution in [-0.2, 0) is 28.6 Å². The second kappa shape index (κ2) is 5.12. The van der Waals surface area contributed by atoms with Crippen molar-refractivity contribution in [2.45, 2.75) is 26.4 Å². The summed E-state index contributed by atoms with van der Waals surface area (Å²) in [5.41, 5.74) is -1.51. The van der Waals surface area contributed by atoms with Gasteiger partial charge in [-0.3, -0.25) is 4.79 Å². The van der Waals surface area contributed by atoms with Crippen LogP contribution >= 0.6 is 0 Å². The van der Waals surface area contributed by atoms with E-state index < -0.39 is 23.3 Å². The minimum absolute atomic E-state index is 0.229. The van der Waals surface area contributed by atoms with Gasteiger partial charge in [0.2, 0.25) is 17.1 Å². The van der Waals surface area contributed by atoms with Crippen molar-refractivity contribution in [1.82, 2.24) is 0 Å². The molecule has 0 bridgehead atoms. The van der Waals surface area contributed by atoms with Crippen LogP contribution in [0.5, 0.6) is 0 Å². The van der Waals surface area contributed by atoms with Crippen LogP contribution in [0.3, 0.4) is 0 Å². The number of carbonyl (C=O) groups is 3. The number of hydrogen-bond acceptors (Lipinski definition) is 6. The van der Waals surface area contributed by atoms with E-state index in [4.69, 9.17) is 9.47 Å². The number of ketones is 1. The Morgan fingerprint density at radius 1 is 1.23 bits per heavy atom. The zero-order valence-electron chi connectivity index (χ0n) is 13.2. The number of allylic oxidation sites excluding steroid dienone is 2. The molecule has 1 aliphatic carbocycles. The van der Waals surface area contributed by atoms with Crippen LogP contribution in [0.15, 0.2) is 35.1 Å². The molecule has 1 atom stereocenters.